The highest BCUT2D eigenvalue weighted by Crippen LogP contribution is 2.38. The molecule has 0 spiro atoms. The van der Waals surface area contributed by atoms with E-state index in [0.717, 1.165) is 17.7 Å². The molecule has 10 heteroatoms. The summed E-state index contributed by atoms with van der Waals surface area (Å²) in [5.41, 5.74) is 1.32. The van der Waals surface area contributed by atoms with Gasteiger partial charge in [-0.15, -0.1) is 0 Å². The van der Waals surface area contributed by atoms with E-state index >= 15 is 0 Å². The predicted molar refractivity (Wildman–Crippen MR) is 116 cm³/mol. The van der Waals surface area contributed by atoms with E-state index in [9.17, 15) is 20.2 Å². The van der Waals surface area contributed by atoms with Gasteiger partial charge in [0.05, 0.1) is 28.7 Å². The van der Waals surface area contributed by atoms with E-state index in [0.29, 0.717) is 22.0 Å². The average Bonchev–Trinajstić information content (AvgIpc) is 2.75. The van der Waals surface area contributed by atoms with Gasteiger partial charge in [-0.05, 0) is 54.4 Å². The van der Waals surface area contributed by atoms with Crippen LogP contribution in [0.25, 0.3) is 0 Å². The Bertz CT molecular complexity index is 1200. The molecule has 0 unspecified atom stereocenters. The van der Waals surface area contributed by atoms with Gasteiger partial charge >= 0.3 is 5.69 Å². The first-order valence-electron chi connectivity index (χ1n) is 8.88. The maximum absolute atomic E-state index is 11.3. The Labute approximate surface area is 181 Å². The van der Waals surface area contributed by atoms with E-state index in [1.807, 2.05) is 13.0 Å². The number of nitro groups is 2. The third-order valence-corrected chi connectivity index (χ3v) is 4.76. The van der Waals surface area contributed by atoms with Crippen LogP contribution >= 0.6 is 11.6 Å². The Morgan fingerprint density at radius 1 is 0.968 bits per heavy atom. The van der Waals surface area contributed by atoms with Crippen LogP contribution in [-0.4, -0.2) is 23.2 Å². The van der Waals surface area contributed by atoms with Crippen LogP contribution < -0.4 is 9.47 Å². The van der Waals surface area contributed by atoms with Crippen molar-refractivity contribution in [3.8, 4) is 17.2 Å². The number of methoxy groups -OCH3 is 1. The molecule has 0 N–H and O–H groups in total. The molecule has 0 saturated heterocycles. The molecule has 0 radical (unpaired) electrons. The van der Waals surface area contributed by atoms with Crippen LogP contribution in [0.15, 0.2) is 59.6 Å². The summed E-state index contributed by atoms with van der Waals surface area (Å²) in [5.74, 6) is 0.361. The van der Waals surface area contributed by atoms with Gasteiger partial charge in [0.15, 0.2) is 11.5 Å². The topological polar surface area (TPSA) is 117 Å². The number of ether oxygens (including phenoxy) is 2. The van der Waals surface area contributed by atoms with Crippen molar-refractivity contribution in [1.82, 2.24) is 0 Å². The molecule has 3 rings (SSSR count). The van der Waals surface area contributed by atoms with Crippen molar-refractivity contribution in [2.24, 2.45) is 4.99 Å². The second kappa shape index (κ2) is 9.23. The Morgan fingerprint density at radius 3 is 2.39 bits per heavy atom. The van der Waals surface area contributed by atoms with Crippen LogP contribution in [0.3, 0.4) is 0 Å². The summed E-state index contributed by atoms with van der Waals surface area (Å²) in [7, 11) is 1.43. The van der Waals surface area contributed by atoms with Crippen LogP contribution in [0, 0.1) is 27.2 Å². The number of hydrogen-bond acceptors (Lipinski definition) is 7. The van der Waals surface area contributed by atoms with Gasteiger partial charge in [-0.25, -0.2) is 0 Å². The highest BCUT2D eigenvalue weighted by molar-refractivity contribution is 6.31. The minimum Gasteiger partial charge on any atom is -0.493 e. The van der Waals surface area contributed by atoms with E-state index < -0.39 is 21.2 Å². The fourth-order valence-electron chi connectivity index (χ4n) is 2.70. The lowest BCUT2D eigenvalue weighted by Crippen LogP contribution is -1.97. The van der Waals surface area contributed by atoms with Gasteiger partial charge in [0.2, 0.25) is 5.75 Å². The monoisotopic (exact) mass is 441 g/mol. The lowest BCUT2D eigenvalue weighted by molar-refractivity contribution is -0.394. The second-order valence-corrected chi connectivity index (χ2v) is 6.73. The van der Waals surface area contributed by atoms with Crippen LogP contribution in [0.2, 0.25) is 5.02 Å². The molecule has 158 valence electrons. The van der Waals surface area contributed by atoms with Crippen LogP contribution in [0.1, 0.15) is 11.1 Å². The molecule has 0 amide bonds. The Kier molecular flexibility index (Phi) is 6.46. The van der Waals surface area contributed by atoms with Crippen LogP contribution in [0.5, 0.6) is 17.2 Å². The molecule has 0 aliphatic rings. The summed E-state index contributed by atoms with van der Waals surface area (Å²) >= 11 is 6.11. The van der Waals surface area contributed by atoms with Gasteiger partial charge in [-0.3, -0.25) is 25.2 Å². The summed E-state index contributed by atoms with van der Waals surface area (Å²) in [6.45, 7) is 1.86. The van der Waals surface area contributed by atoms with Gasteiger partial charge in [0, 0.05) is 17.3 Å². The van der Waals surface area contributed by atoms with Crippen molar-refractivity contribution in [3.63, 3.8) is 0 Å². The first kappa shape index (κ1) is 21.7. The Balaban J connectivity index is 1.90. The maximum atomic E-state index is 11.3. The van der Waals surface area contributed by atoms with Crippen molar-refractivity contribution in [1.29, 1.82) is 0 Å². The smallest absolute Gasteiger partial charge is 0.318 e. The molecule has 0 atom stereocenters. The molecule has 3 aromatic rings. The third-order valence-electron chi connectivity index (χ3n) is 4.35. The van der Waals surface area contributed by atoms with Crippen molar-refractivity contribution < 1.29 is 19.3 Å². The summed E-state index contributed by atoms with van der Waals surface area (Å²) in [6.07, 6.45) is 1.62. The number of non-ortho nitro benzene ring substituents is 1. The number of aliphatic imine (C=N–C) groups is 1. The molecule has 3 aromatic carbocycles. The third kappa shape index (κ3) is 4.96. The predicted octanol–water partition coefficient (Wildman–Crippen LogP) is 6.02. The van der Waals surface area contributed by atoms with Gasteiger partial charge in [-0.2, -0.15) is 0 Å². The normalized spacial score (nSPS) is 10.8. The van der Waals surface area contributed by atoms with Crippen molar-refractivity contribution in [2.75, 3.05) is 7.11 Å². The number of nitrogens with zero attached hydrogens (tertiary/aromatic N) is 3. The van der Waals surface area contributed by atoms with E-state index in [1.54, 1.807) is 36.5 Å². The fourth-order valence-corrected chi connectivity index (χ4v) is 2.87. The summed E-state index contributed by atoms with van der Waals surface area (Å²) in [6, 6.07) is 13.5. The number of benzene rings is 3. The molecule has 0 saturated carbocycles. The summed E-state index contributed by atoms with van der Waals surface area (Å²) in [4.78, 5) is 25.2. The quantitative estimate of drug-likeness (QED) is 0.251. The highest BCUT2D eigenvalue weighted by Gasteiger charge is 2.22. The fraction of sp³-hybridized carbons (Fsp3) is 0.0952. The van der Waals surface area contributed by atoms with E-state index in [4.69, 9.17) is 21.1 Å². The van der Waals surface area contributed by atoms with E-state index in [2.05, 4.69) is 4.99 Å². The zero-order valence-corrected chi connectivity index (χ0v) is 17.2. The number of halogens is 1. The largest absolute Gasteiger partial charge is 0.493 e. The van der Waals surface area contributed by atoms with Gasteiger partial charge in [0.25, 0.3) is 5.69 Å². The Morgan fingerprint density at radius 2 is 1.71 bits per heavy atom. The minimum atomic E-state index is -0.747. The van der Waals surface area contributed by atoms with Gasteiger partial charge in [-0.1, -0.05) is 17.7 Å². The van der Waals surface area contributed by atoms with E-state index in [-0.39, 0.29) is 11.5 Å². The maximum Gasteiger partial charge on any atom is 0.318 e. The van der Waals surface area contributed by atoms with Crippen molar-refractivity contribution in [2.45, 2.75) is 6.92 Å². The molecule has 0 aliphatic heterocycles. The lowest BCUT2D eigenvalue weighted by Gasteiger charge is -2.11. The number of rotatable bonds is 7. The first-order valence-corrected chi connectivity index (χ1v) is 9.26. The van der Waals surface area contributed by atoms with Gasteiger partial charge in [0.1, 0.15) is 0 Å². The minimum absolute atomic E-state index is 0.148. The average molecular weight is 442 g/mol. The molecule has 0 heterocycles. The summed E-state index contributed by atoms with van der Waals surface area (Å²) in [5, 5.41) is 22.8. The highest BCUT2D eigenvalue weighted by atomic mass is 35.5. The Hall–Kier alpha value is -3.98. The van der Waals surface area contributed by atoms with Crippen LogP contribution in [-0.2, 0) is 0 Å². The molecule has 0 bridgehead atoms. The molecular formula is C21H16ClN3O6. The van der Waals surface area contributed by atoms with Crippen LogP contribution in [0.4, 0.5) is 17.1 Å². The molecule has 0 aromatic heterocycles. The SMILES string of the molecule is COc1cc(C=Nc2cccc(Cl)c2C)ccc1Oc1ccc([N+](=O)[O-])cc1[N+](=O)[O-]. The van der Waals surface area contributed by atoms with E-state index in [1.165, 1.54) is 13.2 Å². The van der Waals surface area contributed by atoms with Gasteiger partial charge < -0.3 is 9.47 Å². The molecule has 0 fully saturated rings. The molecule has 0 aliphatic carbocycles. The first-order chi connectivity index (χ1) is 14.8. The lowest BCUT2D eigenvalue weighted by atomic mass is 10.2. The second-order valence-electron chi connectivity index (χ2n) is 6.32. The number of hydrogen-bond donors (Lipinski definition) is 0. The molecule has 31 heavy (non-hydrogen) atoms. The molecule has 9 nitrogen and oxygen atoms in total. The summed E-state index contributed by atoms with van der Waals surface area (Å²) < 4.78 is 11.0. The zero-order valence-electron chi connectivity index (χ0n) is 16.4. The number of nitro benzene ring substituents is 2. The zero-order chi connectivity index (χ0) is 22.5. The standard InChI is InChI=1S/C21H16ClN3O6/c1-13-16(22)4-3-5-17(13)23-12-14-6-8-20(21(10-14)30-2)31-19-9-7-15(24(26)27)11-18(19)25(28)29/h3-12H,1-2H3. The van der Waals surface area contributed by atoms with Crippen molar-refractivity contribution in [3.05, 3.63) is 91.0 Å². The van der Waals surface area contributed by atoms with Crippen molar-refractivity contribution >= 4 is 34.9 Å². The molecular weight excluding hydrogens is 426 g/mol.